The second kappa shape index (κ2) is 7.30. The van der Waals surface area contributed by atoms with Crippen LogP contribution in [0, 0.1) is 0 Å². The van der Waals surface area contributed by atoms with Gasteiger partial charge in [0.2, 0.25) is 0 Å². The molecule has 1 aromatic carbocycles. The quantitative estimate of drug-likeness (QED) is 0.629. The highest BCUT2D eigenvalue weighted by atomic mass is 16.5. The van der Waals surface area contributed by atoms with Crippen molar-refractivity contribution < 1.29 is 19.1 Å². The SMILES string of the molecule is C=CC(C)(C)c1c(OC(=O)CC(C)(C)O)cc(-c2ccccc2)oc1=O. The van der Waals surface area contributed by atoms with Crippen molar-refractivity contribution in [3.63, 3.8) is 0 Å². The first kappa shape index (κ1) is 19.7. The molecule has 2 aromatic rings. The van der Waals surface area contributed by atoms with Crippen LogP contribution in [0.2, 0.25) is 0 Å². The Balaban J connectivity index is 2.57. The summed E-state index contributed by atoms with van der Waals surface area (Å²) in [6, 6.07) is 10.6. The lowest BCUT2D eigenvalue weighted by Gasteiger charge is -2.23. The minimum absolute atomic E-state index is 0.110. The highest BCUT2D eigenvalue weighted by Gasteiger charge is 2.29. The summed E-state index contributed by atoms with van der Waals surface area (Å²) in [7, 11) is 0. The highest BCUT2D eigenvalue weighted by Crippen LogP contribution is 2.33. The second-order valence-corrected chi connectivity index (χ2v) is 7.39. The molecule has 0 atom stereocenters. The Morgan fingerprint density at radius 2 is 1.85 bits per heavy atom. The van der Waals surface area contributed by atoms with Gasteiger partial charge in [0.25, 0.3) is 0 Å². The van der Waals surface area contributed by atoms with Crippen LogP contribution in [0.15, 0.2) is 58.3 Å². The number of carbonyl (C=O) groups excluding carboxylic acids is 1. The van der Waals surface area contributed by atoms with E-state index in [0.29, 0.717) is 11.3 Å². The van der Waals surface area contributed by atoms with E-state index in [-0.39, 0.29) is 17.7 Å². The van der Waals surface area contributed by atoms with Crippen molar-refractivity contribution in [2.24, 2.45) is 0 Å². The molecule has 0 aliphatic heterocycles. The summed E-state index contributed by atoms with van der Waals surface area (Å²) in [5.41, 5.74) is -1.68. The fraction of sp³-hybridized carbons (Fsp3) is 0.333. The van der Waals surface area contributed by atoms with Crippen molar-refractivity contribution in [1.82, 2.24) is 0 Å². The van der Waals surface area contributed by atoms with Crippen LogP contribution in [0.3, 0.4) is 0 Å². The summed E-state index contributed by atoms with van der Waals surface area (Å²) in [5.74, 6) is -0.229. The van der Waals surface area contributed by atoms with Crippen molar-refractivity contribution in [3.05, 3.63) is 65.0 Å². The number of aliphatic hydroxyl groups is 1. The van der Waals surface area contributed by atoms with E-state index in [1.165, 1.54) is 19.9 Å². The molecule has 0 aliphatic carbocycles. The zero-order valence-electron chi connectivity index (χ0n) is 15.5. The Labute approximate surface area is 152 Å². The van der Waals surface area contributed by atoms with E-state index in [2.05, 4.69) is 6.58 Å². The molecule has 0 fully saturated rings. The number of hydrogen-bond donors (Lipinski definition) is 1. The minimum Gasteiger partial charge on any atom is -0.426 e. The smallest absolute Gasteiger partial charge is 0.344 e. The summed E-state index contributed by atoms with van der Waals surface area (Å²) < 4.78 is 10.9. The van der Waals surface area contributed by atoms with Gasteiger partial charge < -0.3 is 14.3 Å². The highest BCUT2D eigenvalue weighted by molar-refractivity contribution is 5.74. The van der Waals surface area contributed by atoms with Gasteiger partial charge in [-0.1, -0.05) is 50.3 Å². The maximum absolute atomic E-state index is 12.7. The van der Waals surface area contributed by atoms with Crippen LogP contribution in [0.25, 0.3) is 11.3 Å². The van der Waals surface area contributed by atoms with Crippen LogP contribution in [-0.4, -0.2) is 16.7 Å². The number of hydrogen-bond acceptors (Lipinski definition) is 5. The van der Waals surface area contributed by atoms with Gasteiger partial charge in [-0.15, -0.1) is 6.58 Å². The first-order valence-corrected chi connectivity index (χ1v) is 8.34. The van der Waals surface area contributed by atoms with Gasteiger partial charge in [-0.2, -0.15) is 0 Å². The Morgan fingerprint density at radius 1 is 1.23 bits per heavy atom. The number of allylic oxidation sites excluding steroid dienone is 1. The van der Waals surface area contributed by atoms with E-state index in [1.54, 1.807) is 32.1 Å². The minimum atomic E-state index is -1.22. The molecule has 0 amide bonds. The van der Waals surface area contributed by atoms with Crippen LogP contribution in [-0.2, 0) is 10.2 Å². The van der Waals surface area contributed by atoms with Gasteiger partial charge in [-0.25, -0.2) is 4.79 Å². The zero-order chi connectivity index (χ0) is 19.5. The standard InChI is InChI=1S/C21H24O5/c1-6-20(2,3)18-16(25-17(22)13-21(4,5)24)12-15(26-19(18)23)14-10-8-7-9-11-14/h6-12,24H,1,13H2,2-5H3. The van der Waals surface area contributed by atoms with E-state index in [4.69, 9.17) is 9.15 Å². The maximum Gasteiger partial charge on any atom is 0.344 e. The third-order valence-electron chi connectivity index (χ3n) is 3.93. The van der Waals surface area contributed by atoms with Crippen LogP contribution >= 0.6 is 0 Å². The Bertz CT molecular complexity index is 854. The van der Waals surface area contributed by atoms with E-state index in [1.807, 2.05) is 18.2 Å². The molecular formula is C21H24O5. The average molecular weight is 356 g/mol. The largest absolute Gasteiger partial charge is 0.426 e. The third kappa shape index (κ3) is 4.70. The zero-order valence-corrected chi connectivity index (χ0v) is 15.5. The average Bonchev–Trinajstić information content (AvgIpc) is 2.53. The number of esters is 1. The van der Waals surface area contributed by atoms with Gasteiger partial charge in [0, 0.05) is 17.0 Å². The number of benzene rings is 1. The summed E-state index contributed by atoms with van der Waals surface area (Å²) in [6.45, 7) is 10.3. The lowest BCUT2D eigenvalue weighted by atomic mass is 9.85. The fourth-order valence-corrected chi connectivity index (χ4v) is 2.49. The van der Waals surface area contributed by atoms with Gasteiger partial charge in [0.15, 0.2) is 0 Å². The van der Waals surface area contributed by atoms with E-state index in [0.717, 1.165) is 0 Å². The van der Waals surface area contributed by atoms with Crippen LogP contribution in [0.1, 0.15) is 39.7 Å². The summed E-state index contributed by atoms with van der Waals surface area (Å²) in [4.78, 5) is 24.9. The van der Waals surface area contributed by atoms with Crippen LogP contribution in [0.4, 0.5) is 0 Å². The maximum atomic E-state index is 12.7. The van der Waals surface area contributed by atoms with Gasteiger partial charge in [-0.05, 0) is 13.8 Å². The molecule has 1 aromatic heterocycles. The molecular weight excluding hydrogens is 332 g/mol. The first-order chi connectivity index (χ1) is 12.0. The molecule has 5 nitrogen and oxygen atoms in total. The summed E-state index contributed by atoms with van der Waals surface area (Å²) >= 11 is 0. The molecule has 1 heterocycles. The Morgan fingerprint density at radius 3 is 2.38 bits per heavy atom. The molecule has 2 rings (SSSR count). The van der Waals surface area contributed by atoms with Crippen molar-refractivity contribution >= 4 is 5.97 Å². The summed E-state index contributed by atoms with van der Waals surface area (Å²) in [5, 5.41) is 9.83. The molecule has 1 N–H and O–H groups in total. The molecule has 0 saturated carbocycles. The predicted octanol–water partition coefficient (Wildman–Crippen LogP) is 3.84. The molecule has 138 valence electrons. The lowest BCUT2D eigenvalue weighted by Crippen LogP contribution is -2.29. The van der Waals surface area contributed by atoms with Crippen molar-refractivity contribution in [3.8, 4) is 17.1 Å². The monoisotopic (exact) mass is 356 g/mol. The second-order valence-electron chi connectivity index (χ2n) is 7.39. The molecule has 26 heavy (non-hydrogen) atoms. The first-order valence-electron chi connectivity index (χ1n) is 8.34. The van der Waals surface area contributed by atoms with Gasteiger partial charge >= 0.3 is 11.6 Å². The molecule has 0 unspecified atom stereocenters. The third-order valence-corrected chi connectivity index (χ3v) is 3.93. The molecule has 0 radical (unpaired) electrons. The van der Waals surface area contributed by atoms with Crippen LogP contribution < -0.4 is 10.4 Å². The number of ether oxygens (including phenoxy) is 1. The molecule has 0 aliphatic rings. The lowest BCUT2D eigenvalue weighted by molar-refractivity contribution is -0.138. The number of carbonyl (C=O) groups is 1. The summed E-state index contributed by atoms with van der Waals surface area (Å²) in [6.07, 6.45) is 1.39. The van der Waals surface area contributed by atoms with Crippen molar-refractivity contribution in [2.45, 2.75) is 45.1 Å². The van der Waals surface area contributed by atoms with Crippen molar-refractivity contribution in [2.75, 3.05) is 0 Å². The fourth-order valence-electron chi connectivity index (χ4n) is 2.49. The molecule has 0 spiro atoms. The van der Waals surface area contributed by atoms with E-state index >= 15 is 0 Å². The topological polar surface area (TPSA) is 76.7 Å². The van der Waals surface area contributed by atoms with Gasteiger partial charge in [-0.3, -0.25) is 4.79 Å². The van der Waals surface area contributed by atoms with Crippen molar-refractivity contribution in [1.29, 1.82) is 0 Å². The van der Waals surface area contributed by atoms with Gasteiger partial charge in [0.1, 0.15) is 11.5 Å². The predicted molar refractivity (Wildman–Crippen MR) is 100 cm³/mol. The Kier molecular flexibility index (Phi) is 5.52. The van der Waals surface area contributed by atoms with E-state index < -0.39 is 22.6 Å². The Hall–Kier alpha value is -2.66. The molecule has 5 heteroatoms. The van der Waals surface area contributed by atoms with Gasteiger partial charge in [0.05, 0.1) is 17.6 Å². The van der Waals surface area contributed by atoms with Crippen LogP contribution in [0.5, 0.6) is 5.75 Å². The van der Waals surface area contributed by atoms with E-state index in [9.17, 15) is 14.7 Å². The number of rotatable bonds is 6. The molecule has 0 bridgehead atoms. The molecule has 0 saturated heterocycles. The normalized spacial score (nSPS) is 11.9.